The highest BCUT2D eigenvalue weighted by molar-refractivity contribution is 6.42. The van der Waals surface area contributed by atoms with Gasteiger partial charge in [0, 0.05) is 5.56 Å². The van der Waals surface area contributed by atoms with Gasteiger partial charge in [-0.15, -0.1) is 0 Å². The van der Waals surface area contributed by atoms with Crippen LogP contribution < -0.4 is 10.6 Å². The number of carbonyl (C=O) groups excluding carboxylic acids is 3. The highest BCUT2D eigenvalue weighted by Gasteiger charge is 2.12. The number of nitrogens with one attached hydrogen (secondary N) is 2. The van der Waals surface area contributed by atoms with Crippen LogP contribution in [-0.4, -0.2) is 30.9 Å². The molecule has 2 N–H and O–H groups in total. The van der Waals surface area contributed by atoms with Crippen LogP contribution in [0.2, 0.25) is 10.0 Å². The van der Waals surface area contributed by atoms with Crippen molar-refractivity contribution < 1.29 is 23.5 Å². The standard InChI is InChI=1S/C16H14Cl2N2O5/c17-12-4-3-10(6-13(12)18)16(23)20-8-15(22)25-9-14(21)19-7-11-2-1-5-24-11/h1-6H,7-9H2,(H,19,21)(H,20,23). The van der Waals surface area contributed by atoms with E-state index in [0.717, 1.165) is 0 Å². The van der Waals surface area contributed by atoms with Crippen LogP contribution in [0.4, 0.5) is 0 Å². The molecule has 0 atom stereocenters. The lowest BCUT2D eigenvalue weighted by molar-refractivity contribution is -0.147. The normalized spacial score (nSPS) is 10.2. The number of esters is 1. The fraction of sp³-hybridized carbons (Fsp3) is 0.188. The van der Waals surface area contributed by atoms with Gasteiger partial charge in [0.25, 0.3) is 11.8 Å². The fourth-order valence-corrected chi connectivity index (χ4v) is 2.04. The van der Waals surface area contributed by atoms with Crippen LogP contribution in [0.15, 0.2) is 41.0 Å². The predicted molar refractivity (Wildman–Crippen MR) is 90.3 cm³/mol. The van der Waals surface area contributed by atoms with Gasteiger partial charge in [0.2, 0.25) is 0 Å². The fourth-order valence-electron chi connectivity index (χ4n) is 1.74. The maximum Gasteiger partial charge on any atom is 0.325 e. The molecule has 2 rings (SSSR count). The molecule has 0 aliphatic rings. The first-order chi connectivity index (χ1) is 12.0. The second-order valence-electron chi connectivity index (χ2n) is 4.83. The van der Waals surface area contributed by atoms with E-state index in [1.165, 1.54) is 24.5 Å². The molecule has 0 aliphatic heterocycles. The Hall–Kier alpha value is -2.51. The molecule has 1 heterocycles. The summed E-state index contributed by atoms with van der Waals surface area (Å²) in [6.45, 7) is -0.649. The maximum absolute atomic E-state index is 11.9. The maximum atomic E-state index is 11.9. The van der Waals surface area contributed by atoms with E-state index in [-0.39, 0.29) is 23.7 Å². The van der Waals surface area contributed by atoms with E-state index in [0.29, 0.717) is 10.8 Å². The Labute approximate surface area is 153 Å². The number of ether oxygens (including phenoxy) is 1. The zero-order valence-corrected chi connectivity index (χ0v) is 14.4. The molecule has 0 fully saturated rings. The molecule has 1 aromatic carbocycles. The summed E-state index contributed by atoms with van der Waals surface area (Å²) in [5.74, 6) is -1.17. The van der Waals surface area contributed by atoms with Gasteiger partial charge in [-0.3, -0.25) is 14.4 Å². The van der Waals surface area contributed by atoms with Crippen molar-refractivity contribution in [2.75, 3.05) is 13.2 Å². The highest BCUT2D eigenvalue weighted by Crippen LogP contribution is 2.22. The molecule has 25 heavy (non-hydrogen) atoms. The van der Waals surface area contributed by atoms with E-state index in [4.69, 9.17) is 32.4 Å². The highest BCUT2D eigenvalue weighted by atomic mass is 35.5. The Kier molecular flexibility index (Phi) is 6.85. The van der Waals surface area contributed by atoms with Crippen molar-refractivity contribution in [1.29, 1.82) is 0 Å². The molecule has 1 aromatic heterocycles. The van der Waals surface area contributed by atoms with Crippen molar-refractivity contribution in [3.05, 3.63) is 58.0 Å². The van der Waals surface area contributed by atoms with Crippen LogP contribution in [-0.2, 0) is 20.9 Å². The lowest BCUT2D eigenvalue weighted by atomic mass is 10.2. The molecule has 2 aromatic rings. The lowest BCUT2D eigenvalue weighted by Crippen LogP contribution is -2.33. The van der Waals surface area contributed by atoms with Gasteiger partial charge in [0.1, 0.15) is 12.3 Å². The van der Waals surface area contributed by atoms with Crippen molar-refractivity contribution in [3.8, 4) is 0 Å². The van der Waals surface area contributed by atoms with Gasteiger partial charge < -0.3 is 19.8 Å². The summed E-state index contributed by atoms with van der Waals surface area (Å²) in [7, 11) is 0. The zero-order chi connectivity index (χ0) is 18.2. The number of hydrogen-bond acceptors (Lipinski definition) is 5. The first-order valence-corrected chi connectivity index (χ1v) is 7.89. The van der Waals surface area contributed by atoms with Gasteiger partial charge in [0.05, 0.1) is 22.9 Å². The molecule has 0 saturated heterocycles. The van der Waals surface area contributed by atoms with Crippen molar-refractivity contribution in [2.45, 2.75) is 6.54 Å². The van der Waals surface area contributed by atoms with Gasteiger partial charge >= 0.3 is 5.97 Å². The van der Waals surface area contributed by atoms with Crippen LogP contribution in [0.5, 0.6) is 0 Å². The van der Waals surface area contributed by atoms with Crippen LogP contribution in [0.1, 0.15) is 16.1 Å². The second kappa shape index (κ2) is 9.10. The lowest BCUT2D eigenvalue weighted by Gasteiger charge is -2.07. The molecule has 2 amide bonds. The molecular formula is C16H14Cl2N2O5. The van der Waals surface area contributed by atoms with E-state index < -0.39 is 24.4 Å². The summed E-state index contributed by atoms with van der Waals surface area (Å²) >= 11 is 11.6. The zero-order valence-electron chi connectivity index (χ0n) is 12.9. The number of benzene rings is 1. The van der Waals surface area contributed by atoms with Gasteiger partial charge in [-0.1, -0.05) is 23.2 Å². The van der Waals surface area contributed by atoms with Gasteiger partial charge in [0.15, 0.2) is 6.61 Å². The Morgan fingerprint density at radius 3 is 2.56 bits per heavy atom. The minimum Gasteiger partial charge on any atom is -0.467 e. The molecule has 0 unspecified atom stereocenters. The molecule has 132 valence electrons. The quantitative estimate of drug-likeness (QED) is 0.712. The van der Waals surface area contributed by atoms with Crippen LogP contribution in [0, 0.1) is 0 Å². The van der Waals surface area contributed by atoms with Crippen LogP contribution in [0.25, 0.3) is 0 Å². The third-order valence-electron chi connectivity index (χ3n) is 2.98. The van der Waals surface area contributed by atoms with Gasteiger partial charge in [-0.05, 0) is 30.3 Å². The SMILES string of the molecule is O=C(COC(=O)CNC(=O)c1ccc(Cl)c(Cl)c1)NCc1ccco1. The number of furan rings is 1. The summed E-state index contributed by atoms with van der Waals surface area (Å²) in [6, 6.07) is 7.72. The number of halogens is 2. The largest absolute Gasteiger partial charge is 0.467 e. The van der Waals surface area contributed by atoms with E-state index >= 15 is 0 Å². The number of hydrogen-bond donors (Lipinski definition) is 2. The molecule has 0 saturated carbocycles. The molecule has 0 radical (unpaired) electrons. The summed E-state index contributed by atoms with van der Waals surface area (Å²) in [5.41, 5.74) is 0.249. The molecule has 7 nitrogen and oxygen atoms in total. The Morgan fingerprint density at radius 2 is 1.88 bits per heavy atom. The summed E-state index contributed by atoms with van der Waals surface area (Å²) in [5, 5.41) is 5.42. The van der Waals surface area contributed by atoms with Crippen molar-refractivity contribution in [2.24, 2.45) is 0 Å². The smallest absolute Gasteiger partial charge is 0.325 e. The Morgan fingerprint density at radius 1 is 1.08 bits per heavy atom. The van der Waals surface area contributed by atoms with E-state index in [1.807, 2.05) is 0 Å². The van der Waals surface area contributed by atoms with Crippen LogP contribution >= 0.6 is 23.2 Å². The molecule has 0 aliphatic carbocycles. The minimum atomic E-state index is -0.749. The minimum absolute atomic E-state index is 0.192. The third kappa shape index (κ3) is 6.13. The molecule has 0 bridgehead atoms. The number of amides is 2. The Bertz CT molecular complexity index is 762. The third-order valence-corrected chi connectivity index (χ3v) is 3.72. The van der Waals surface area contributed by atoms with E-state index in [9.17, 15) is 14.4 Å². The van der Waals surface area contributed by atoms with E-state index in [2.05, 4.69) is 10.6 Å². The van der Waals surface area contributed by atoms with Crippen molar-refractivity contribution in [3.63, 3.8) is 0 Å². The van der Waals surface area contributed by atoms with Gasteiger partial charge in [-0.2, -0.15) is 0 Å². The second-order valence-corrected chi connectivity index (χ2v) is 5.64. The summed E-state index contributed by atoms with van der Waals surface area (Å²) in [6.07, 6.45) is 1.48. The predicted octanol–water partition coefficient (Wildman–Crippen LogP) is 2.18. The van der Waals surface area contributed by atoms with E-state index in [1.54, 1.807) is 12.1 Å². The summed E-state index contributed by atoms with van der Waals surface area (Å²) < 4.78 is 9.80. The van der Waals surface area contributed by atoms with Crippen LogP contribution in [0.3, 0.4) is 0 Å². The Balaban J connectivity index is 1.68. The van der Waals surface area contributed by atoms with Crippen molar-refractivity contribution >= 4 is 41.0 Å². The first kappa shape index (κ1) is 18.8. The topological polar surface area (TPSA) is 97.6 Å². The van der Waals surface area contributed by atoms with Crippen molar-refractivity contribution in [1.82, 2.24) is 10.6 Å². The molecular weight excluding hydrogens is 371 g/mol. The summed E-state index contributed by atoms with van der Waals surface area (Å²) in [4.78, 5) is 35.0. The average molecular weight is 385 g/mol. The first-order valence-electron chi connectivity index (χ1n) is 7.13. The molecule has 9 heteroatoms. The average Bonchev–Trinajstić information content (AvgIpc) is 3.12. The number of rotatable bonds is 7. The number of carbonyl (C=O) groups is 3. The molecule has 0 spiro atoms. The van der Waals surface area contributed by atoms with Gasteiger partial charge in [-0.25, -0.2) is 0 Å². The monoisotopic (exact) mass is 384 g/mol.